The number of benzene rings is 2. The molecule has 2 N–H and O–H groups in total. The van der Waals surface area contributed by atoms with Gasteiger partial charge in [-0.1, -0.05) is 36.4 Å². The quantitative estimate of drug-likeness (QED) is 0.762. The molecule has 0 radical (unpaired) electrons. The molecule has 0 bridgehead atoms. The summed E-state index contributed by atoms with van der Waals surface area (Å²) < 4.78 is 0. The second-order valence-corrected chi connectivity index (χ2v) is 6.08. The van der Waals surface area contributed by atoms with Crippen molar-refractivity contribution in [1.29, 1.82) is 0 Å². The standard InChI is InChI=1S/C19H16N2O3/c1-21-17(15-10-11-6-2-5-9-14(11)20-15)16(19(23)24)12-7-3-4-8-13(12)18(21)22/h2-10,16-17,20H,1H3,(H,23,24)/t16-,17-/m0/s1. The normalized spacial score (nSPS) is 20.2. The molecular weight excluding hydrogens is 304 g/mol. The average Bonchev–Trinajstić information content (AvgIpc) is 3.01. The second-order valence-electron chi connectivity index (χ2n) is 6.08. The van der Waals surface area contributed by atoms with Crippen LogP contribution in [0.15, 0.2) is 54.6 Å². The number of carbonyl (C=O) groups is 2. The van der Waals surface area contributed by atoms with Crippen LogP contribution >= 0.6 is 0 Å². The van der Waals surface area contributed by atoms with E-state index in [1.165, 1.54) is 4.90 Å². The number of nitrogens with zero attached hydrogens (tertiary/aromatic N) is 1. The number of carboxylic acids is 1. The highest BCUT2D eigenvalue weighted by molar-refractivity contribution is 6.00. The van der Waals surface area contributed by atoms with Gasteiger partial charge < -0.3 is 15.0 Å². The van der Waals surface area contributed by atoms with Gasteiger partial charge in [0.15, 0.2) is 0 Å². The Morgan fingerprint density at radius 1 is 1.12 bits per heavy atom. The first-order valence-electron chi connectivity index (χ1n) is 7.74. The minimum atomic E-state index is -0.939. The summed E-state index contributed by atoms with van der Waals surface area (Å²) in [7, 11) is 1.66. The van der Waals surface area contributed by atoms with Crippen molar-refractivity contribution < 1.29 is 14.7 Å². The molecule has 2 heterocycles. The Morgan fingerprint density at radius 3 is 2.58 bits per heavy atom. The highest BCUT2D eigenvalue weighted by Gasteiger charge is 2.43. The lowest BCUT2D eigenvalue weighted by molar-refractivity contribution is -0.140. The van der Waals surface area contributed by atoms with E-state index in [1.54, 1.807) is 31.3 Å². The first-order valence-corrected chi connectivity index (χ1v) is 7.74. The predicted octanol–water partition coefficient (Wildman–Crippen LogP) is 3.16. The zero-order valence-corrected chi connectivity index (χ0v) is 13.1. The molecule has 0 unspecified atom stereocenters. The van der Waals surface area contributed by atoms with E-state index >= 15 is 0 Å². The Bertz CT molecular complexity index is 927. The molecule has 4 rings (SSSR count). The van der Waals surface area contributed by atoms with Gasteiger partial charge in [-0.2, -0.15) is 0 Å². The van der Waals surface area contributed by atoms with E-state index in [4.69, 9.17) is 0 Å². The molecule has 0 saturated carbocycles. The third-order valence-electron chi connectivity index (χ3n) is 4.72. The van der Waals surface area contributed by atoms with Crippen molar-refractivity contribution in [2.75, 3.05) is 7.05 Å². The molecule has 1 aliphatic rings. The minimum absolute atomic E-state index is 0.160. The Balaban J connectivity index is 1.92. The number of carbonyl (C=O) groups excluding carboxylic acids is 1. The lowest BCUT2D eigenvalue weighted by Gasteiger charge is -2.37. The predicted molar refractivity (Wildman–Crippen MR) is 90.0 cm³/mol. The third-order valence-corrected chi connectivity index (χ3v) is 4.72. The summed E-state index contributed by atoms with van der Waals surface area (Å²) in [5, 5.41) is 10.8. The summed E-state index contributed by atoms with van der Waals surface area (Å²) in [6, 6.07) is 16.0. The van der Waals surface area contributed by atoms with E-state index < -0.39 is 17.9 Å². The van der Waals surface area contributed by atoms with Crippen molar-refractivity contribution in [3.63, 3.8) is 0 Å². The van der Waals surface area contributed by atoms with Crippen LogP contribution in [0.3, 0.4) is 0 Å². The molecule has 1 amide bonds. The molecular formula is C19H16N2O3. The molecule has 0 spiro atoms. The molecule has 0 aliphatic carbocycles. The van der Waals surface area contributed by atoms with Crippen molar-refractivity contribution in [3.8, 4) is 0 Å². The lowest BCUT2D eigenvalue weighted by atomic mass is 9.82. The smallest absolute Gasteiger partial charge is 0.313 e. The Hall–Kier alpha value is -3.08. The fourth-order valence-corrected chi connectivity index (χ4v) is 3.58. The molecule has 0 saturated heterocycles. The Morgan fingerprint density at radius 2 is 1.83 bits per heavy atom. The van der Waals surface area contributed by atoms with Crippen LogP contribution < -0.4 is 0 Å². The third kappa shape index (κ3) is 2.01. The van der Waals surface area contributed by atoms with Crippen LogP contribution in [-0.4, -0.2) is 33.9 Å². The number of fused-ring (bicyclic) bond motifs is 2. The number of amides is 1. The number of carboxylic acid groups (broad SMARTS) is 1. The van der Waals surface area contributed by atoms with Gasteiger partial charge in [-0.3, -0.25) is 9.59 Å². The fraction of sp³-hybridized carbons (Fsp3) is 0.158. The van der Waals surface area contributed by atoms with Crippen molar-refractivity contribution in [2.24, 2.45) is 0 Å². The number of aromatic nitrogens is 1. The SMILES string of the molecule is CN1C(=O)c2ccccc2[C@H](C(=O)O)[C@@H]1c1cc2ccccc2[nH]1. The Kier molecular flexibility index (Phi) is 3.16. The summed E-state index contributed by atoms with van der Waals surface area (Å²) in [6.07, 6.45) is 0. The van der Waals surface area contributed by atoms with Crippen molar-refractivity contribution >= 4 is 22.8 Å². The van der Waals surface area contributed by atoms with Gasteiger partial charge in [0.05, 0.1) is 6.04 Å². The fourth-order valence-electron chi connectivity index (χ4n) is 3.58. The minimum Gasteiger partial charge on any atom is -0.481 e. The van der Waals surface area contributed by atoms with Crippen molar-refractivity contribution in [2.45, 2.75) is 12.0 Å². The number of para-hydroxylation sites is 1. The number of rotatable bonds is 2. The van der Waals surface area contributed by atoms with Crippen LogP contribution in [0.25, 0.3) is 10.9 Å². The molecule has 2 atom stereocenters. The van der Waals surface area contributed by atoms with Gasteiger partial charge in [0.1, 0.15) is 5.92 Å². The summed E-state index contributed by atoms with van der Waals surface area (Å²) in [5.41, 5.74) is 2.68. The molecule has 3 aromatic rings. The van der Waals surface area contributed by atoms with Gasteiger partial charge in [0.25, 0.3) is 5.91 Å². The highest BCUT2D eigenvalue weighted by Crippen LogP contribution is 2.42. The molecule has 5 nitrogen and oxygen atoms in total. The number of aromatic amines is 1. The van der Waals surface area contributed by atoms with Gasteiger partial charge >= 0.3 is 5.97 Å². The lowest BCUT2D eigenvalue weighted by Crippen LogP contribution is -2.42. The zero-order valence-electron chi connectivity index (χ0n) is 13.1. The monoisotopic (exact) mass is 320 g/mol. The molecule has 1 aromatic heterocycles. The van der Waals surface area contributed by atoms with Gasteiger partial charge in [0, 0.05) is 23.8 Å². The van der Waals surface area contributed by atoms with Crippen LogP contribution in [0.2, 0.25) is 0 Å². The summed E-state index contributed by atoms with van der Waals surface area (Å²) in [6.45, 7) is 0. The Labute approximate surface area is 138 Å². The number of likely N-dealkylation sites (N-methyl/N-ethyl adjacent to an activating group) is 1. The maximum absolute atomic E-state index is 12.7. The number of nitrogens with one attached hydrogen (secondary N) is 1. The number of hydrogen-bond donors (Lipinski definition) is 2. The summed E-state index contributed by atoms with van der Waals surface area (Å²) >= 11 is 0. The molecule has 2 aromatic carbocycles. The second kappa shape index (κ2) is 5.23. The van der Waals surface area contributed by atoms with E-state index in [0.29, 0.717) is 11.1 Å². The zero-order chi connectivity index (χ0) is 16.8. The molecule has 120 valence electrons. The van der Waals surface area contributed by atoms with Crippen molar-refractivity contribution in [1.82, 2.24) is 9.88 Å². The number of aliphatic carboxylic acids is 1. The summed E-state index contributed by atoms with van der Waals surface area (Å²) in [5.74, 6) is -1.91. The largest absolute Gasteiger partial charge is 0.481 e. The first-order chi connectivity index (χ1) is 11.6. The average molecular weight is 320 g/mol. The maximum Gasteiger partial charge on any atom is 0.313 e. The van der Waals surface area contributed by atoms with Crippen LogP contribution in [0, 0.1) is 0 Å². The molecule has 24 heavy (non-hydrogen) atoms. The van der Waals surface area contributed by atoms with E-state index in [2.05, 4.69) is 4.98 Å². The summed E-state index contributed by atoms with van der Waals surface area (Å²) in [4.78, 5) is 29.5. The molecule has 0 fully saturated rings. The van der Waals surface area contributed by atoms with E-state index in [1.807, 2.05) is 30.3 Å². The van der Waals surface area contributed by atoms with E-state index in [9.17, 15) is 14.7 Å². The number of H-pyrrole nitrogens is 1. The molecule has 1 aliphatic heterocycles. The van der Waals surface area contributed by atoms with Crippen LogP contribution in [-0.2, 0) is 4.79 Å². The van der Waals surface area contributed by atoms with Crippen LogP contribution in [0.1, 0.15) is 33.6 Å². The molecule has 5 heteroatoms. The van der Waals surface area contributed by atoms with Gasteiger partial charge in [-0.05, 0) is 29.1 Å². The highest BCUT2D eigenvalue weighted by atomic mass is 16.4. The maximum atomic E-state index is 12.7. The van der Waals surface area contributed by atoms with E-state index in [0.717, 1.165) is 16.6 Å². The van der Waals surface area contributed by atoms with Gasteiger partial charge in [-0.25, -0.2) is 0 Å². The topological polar surface area (TPSA) is 73.4 Å². The van der Waals surface area contributed by atoms with Crippen molar-refractivity contribution in [3.05, 3.63) is 71.4 Å². The first kappa shape index (κ1) is 14.5. The van der Waals surface area contributed by atoms with Gasteiger partial charge in [0.2, 0.25) is 0 Å². The van der Waals surface area contributed by atoms with Crippen LogP contribution in [0.4, 0.5) is 0 Å². The van der Waals surface area contributed by atoms with E-state index in [-0.39, 0.29) is 5.91 Å². The van der Waals surface area contributed by atoms with Crippen LogP contribution in [0.5, 0.6) is 0 Å². The number of hydrogen-bond acceptors (Lipinski definition) is 2. The van der Waals surface area contributed by atoms with Gasteiger partial charge in [-0.15, -0.1) is 0 Å².